The van der Waals surface area contributed by atoms with Crippen LogP contribution in [0, 0.1) is 17.8 Å². The summed E-state index contributed by atoms with van der Waals surface area (Å²) in [6.07, 6.45) is 3.65. The minimum absolute atomic E-state index is 0.0344. The van der Waals surface area contributed by atoms with Crippen molar-refractivity contribution >= 4 is 17.8 Å². The molecule has 0 aliphatic carbocycles. The number of hydrogen-bond acceptors (Lipinski definition) is 7. The maximum Gasteiger partial charge on any atom is 0.308 e. The molecule has 0 fully saturated rings. The van der Waals surface area contributed by atoms with Gasteiger partial charge in [-0.15, -0.1) is 0 Å². The number of nitrogens with zero attached hydrogens (tertiary/aromatic N) is 2. The van der Waals surface area contributed by atoms with E-state index in [2.05, 4.69) is 10.2 Å². The van der Waals surface area contributed by atoms with Gasteiger partial charge in [-0.05, 0) is 67.3 Å². The zero-order valence-electron chi connectivity index (χ0n) is 24.0. The molecule has 0 heterocycles. The van der Waals surface area contributed by atoms with Gasteiger partial charge in [0.05, 0.1) is 18.4 Å². The van der Waals surface area contributed by atoms with Crippen LogP contribution in [-0.4, -0.2) is 88.7 Å². The molecular formula is C26H55N3O5. The van der Waals surface area contributed by atoms with Gasteiger partial charge < -0.3 is 24.6 Å². The largest absolute Gasteiger partial charge is 0.466 e. The van der Waals surface area contributed by atoms with E-state index in [0.717, 1.165) is 45.3 Å². The topological polar surface area (TPSA) is 88.2 Å². The van der Waals surface area contributed by atoms with Crippen molar-refractivity contribution in [2.24, 2.45) is 17.8 Å². The number of ether oxygens (including phenoxy) is 2. The van der Waals surface area contributed by atoms with Gasteiger partial charge in [-0.3, -0.25) is 14.4 Å². The maximum atomic E-state index is 11.3. The highest BCUT2D eigenvalue weighted by Crippen LogP contribution is 2.03. The predicted octanol–water partition coefficient (Wildman–Crippen LogP) is 3.83. The minimum Gasteiger partial charge on any atom is -0.466 e. The number of rotatable bonds is 14. The van der Waals surface area contributed by atoms with E-state index in [9.17, 15) is 14.4 Å². The molecule has 0 aliphatic heterocycles. The zero-order valence-corrected chi connectivity index (χ0v) is 24.0. The van der Waals surface area contributed by atoms with Crippen LogP contribution in [0.5, 0.6) is 0 Å². The van der Waals surface area contributed by atoms with Crippen LogP contribution in [0.15, 0.2) is 0 Å². The van der Waals surface area contributed by atoms with Gasteiger partial charge in [0, 0.05) is 19.0 Å². The van der Waals surface area contributed by atoms with Gasteiger partial charge >= 0.3 is 11.9 Å². The standard InChI is InChI=1S/C10H22N2O.C9H19NO2.C7H14O2/c1-5-9(2)10(13)11-7-6-8-12(3)4;1-5-8(2)9(11)12-7-6-10(3)4;1-4-6(3)7(8)9-5-2/h9H,5-8H2,1-4H3,(H,11,13);8H,5-7H2,1-4H3;6H,4-5H2,1-3H3. The lowest BCUT2D eigenvalue weighted by molar-refractivity contribution is -0.148. The Labute approximate surface area is 210 Å². The van der Waals surface area contributed by atoms with E-state index in [1.165, 1.54) is 0 Å². The van der Waals surface area contributed by atoms with Gasteiger partial charge in [0.15, 0.2) is 0 Å². The monoisotopic (exact) mass is 489 g/mol. The van der Waals surface area contributed by atoms with Crippen LogP contribution in [0.1, 0.15) is 74.1 Å². The van der Waals surface area contributed by atoms with Crippen molar-refractivity contribution in [3.05, 3.63) is 0 Å². The first-order chi connectivity index (χ1) is 15.9. The number of carbonyl (C=O) groups excluding carboxylic acids is 3. The molecule has 1 N–H and O–H groups in total. The molecular weight excluding hydrogens is 434 g/mol. The summed E-state index contributed by atoms with van der Waals surface area (Å²) in [4.78, 5) is 37.3. The van der Waals surface area contributed by atoms with Crippen molar-refractivity contribution in [1.29, 1.82) is 0 Å². The summed E-state index contributed by atoms with van der Waals surface area (Å²) < 4.78 is 9.78. The normalized spacial score (nSPS) is 13.0. The average molecular weight is 490 g/mol. The quantitative estimate of drug-likeness (QED) is 0.293. The molecule has 3 unspecified atom stereocenters. The van der Waals surface area contributed by atoms with Gasteiger partial charge in [-0.1, -0.05) is 41.5 Å². The molecule has 0 radical (unpaired) electrons. The minimum atomic E-state index is -0.0839. The molecule has 0 spiro atoms. The molecule has 34 heavy (non-hydrogen) atoms. The zero-order chi connectivity index (χ0) is 27.1. The maximum absolute atomic E-state index is 11.3. The SMILES string of the molecule is CCC(C)C(=O)NCCCN(C)C.CCC(C)C(=O)OCCN(C)C.CCOC(=O)C(C)CC. The van der Waals surface area contributed by atoms with Crippen molar-refractivity contribution in [1.82, 2.24) is 15.1 Å². The molecule has 0 aromatic rings. The lowest BCUT2D eigenvalue weighted by Gasteiger charge is -2.12. The van der Waals surface area contributed by atoms with E-state index in [0.29, 0.717) is 13.2 Å². The Morgan fingerprint density at radius 1 is 0.706 bits per heavy atom. The first-order valence-corrected chi connectivity index (χ1v) is 12.8. The van der Waals surface area contributed by atoms with Gasteiger partial charge in [-0.2, -0.15) is 0 Å². The molecule has 0 aliphatic rings. The lowest BCUT2D eigenvalue weighted by Crippen LogP contribution is -2.31. The van der Waals surface area contributed by atoms with Gasteiger partial charge in [0.25, 0.3) is 0 Å². The Hall–Kier alpha value is -1.67. The van der Waals surface area contributed by atoms with E-state index < -0.39 is 0 Å². The molecule has 0 aromatic carbocycles. The second-order valence-corrected chi connectivity index (χ2v) is 9.10. The number of nitrogens with one attached hydrogen (secondary N) is 1. The van der Waals surface area contributed by atoms with E-state index in [1.54, 1.807) is 0 Å². The first-order valence-electron chi connectivity index (χ1n) is 12.8. The van der Waals surface area contributed by atoms with Crippen LogP contribution in [0.4, 0.5) is 0 Å². The van der Waals surface area contributed by atoms with Gasteiger partial charge in [0.2, 0.25) is 5.91 Å². The van der Waals surface area contributed by atoms with Gasteiger partial charge in [0.1, 0.15) is 6.61 Å². The number of carbonyl (C=O) groups is 3. The van der Waals surface area contributed by atoms with Crippen molar-refractivity contribution < 1.29 is 23.9 Å². The van der Waals surface area contributed by atoms with Gasteiger partial charge in [-0.25, -0.2) is 0 Å². The number of esters is 2. The lowest BCUT2D eigenvalue weighted by atomic mass is 10.1. The molecule has 0 saturated carbocycles. The van der Waals surface area contributed by atoms with E-state index in [4.69, 9.17) is 9.47 Å². The third kappa shape index (κ3) is 25.0. The molecule has 8 nitrogen and oxygen atoms in total. The van der Waals surface area contributed by atoms with Crippen LogP contribution in [0.25, 0.3) is 0 Å². The van der Waals surface area contributed by atoms with Crippen LogP contribution in [-0.2, 0) is 23.9 Å². The molecule has 204 valence electrons. The van der Waals surface area contributed by atoms with E-state index >= 15 is 0 Å². The Morgan fingerprint density at radius 2 is 1.15 bits per heavy atom. The van der Waals surface area contributed by atoms with Crippen molar-refractivity contribution in [3.8, 4) is 0 Å². The molecule has 0 saturated heterocycles. The third-order valence-corrected chi connectivity index (χ3v) is 5.24. The Morgan fingerprint density at radius 3 is 1.53 bits per heavy atom. The Kier molecular flexibility index (Phi) is 26.5. The van der Waals surface area contributed by atoms with Crippen LogP contribution < -0.4 is 5.32 Å². The smallest absolute Gasteiger partial charge is 0.308 e. The third-order valence-electron chi connectivity index (χ3n) is 5.24. The second-order valence-electron chi connectivity index (χ2n) is 9.10. The van der Waals surface area contributed by atoms with Crippen molar-refractivity contribution in [2.45, 2.75) is 74.1 Å². The summed E-state index contributed by atoms with van der Waals surface area (Å²) in [5, 5.41) is 2.92. The van der Waals surface area contributed by atoms with Crippen LogP contribution in [0.2, 0.25) is 0 Å². The van der Waals surface area contributed by atoms with E-state index in [1.807, 2.05) is 81.6 Å². The van der Waals surface area contributed by atoms with Crippen LogP contribution >= 0.6 is 0 Å². The Balaban J connectivity index is -0.000000431. The second kappa shape index (κ2) is 24.5. The first kappa shape index (κ1) is 36.9. The Bertz CT molecular complexity index is 513. The fourth-order valence-electron chi connectivity index (χ4n) is 2.06. The molecule has 0 bridgehead atoms. The number of amides is 1. The highest BCUT2D eigenvalue weighted by Gasteiger charge is 2.11. The highest BCUT2D eigenvalue weighted by molar-refractivity contribution is 5.78. The molecule has 8 heteroatoms. The summed E-state index contributed by atoms with van der Waals surface area (Å²) >= 11 is 0. The summed E-state index contributed by atoms with van der Waals surface area (Å²) in [7, 11) is 7.99. The highest BCUT2D eigenvalue weighted by atomic mass is 16.5. The summed E-state index contributed by atoms with van der Waals surface area (Å²) in [5.74, 6) is 0.261. The van der Waals surface area contributed by atoms with Crippen LogP contribution in [0.3, 0.4) is 0 Å². The van der Waals surface area contributed by atoms with Crippen molar-refractivity contribution in [3.63, 3.8) is 0 Å². The average Bonchev–Trinajstić information content (AvgIpc) is 2.80. The molecule has 0 aromatic heterocycles. The molecule has 3 atom stereocenters. The fourth-order valence-corrected chi connectivity index (χ4v) is 2.06. The number of likely N-dealkylation sites (N-methyl/N-ethyl adjacent to an activating group) is 1. The van der Waals surface area contributed by atoms with Crippen molar-refractivity contribution in [2.75, 3.05) is 61.0 Å². The molecule has 0 rings (SSSR count). The predicted molar refractivity (Wildman–Crippen MR) is 141 cm³/mol. The van der Waals surface area contributed by atoms with E-state index in [-0.39, 0.29) is 35.6 Å². The summed E-state index contributed by atoms with van der Waals surface area (Å²) in [6, 6.07) is 0. The number of hydrogen-bond donors (Lipinski definition) is 1. The summed E-state index contributed by atoms with van der Waals surface area (Å²) in [6.45, 7) is 17.1. The summed E-state index contributed by atoms with van der Waals surface area (Å²) in [5.41, 5.74) is 0. The fraction of sp³-hybridized carbons (Fsp3) is 0.885. The molecule has 1 amide bonds.